The molecular formula is C11H20N2O4S. The zero-order valence-electron chi connectivity index (χ0n) is 10.4. The van der Waals surface area contributed by atoms with Gasteiger partial charge in [0, 0.05) is 26.2 Å². The highest BCUT2D eigenvalue weighted by Crippen LogP contribution is 2.15. The van der Waals surface area contributed by atoms with Gasteiger partial charge in [-0.05, 0) is 19.3 Å². The normalized spacial score (nSPS) is 27.4. The molecule has 2 rings (SSSR count). The van der Waals surface area contributed by atoms with Gasteiger partial charge >= 0.3 is 0 Å². The van der Waals surface area contributed by atoms with Crippen LogP contribution in [0.25, 0.3) is 0 Å². The third-order valence-electron chi connectivity index (χ3n) is 3.32. The van der Waals surface area contributed by atoms with Crippen molar-refractivity contribution in [2.75, 3.05) is 32.0 Å². The van der Waals surface area contributed by atoms with Gasteiger partial charge in [0.15, 0.2) is 0 Å². The Morgan fingerprint density at radius 2 is 2.22 bits per heavy atom. The van der Waals surface area contributed by atoms with Crippen LogP contribution in [0.2, 0.25) is 0 Å². The number of hydrogen-bond donors (Lipinski definition) is 1. The average Bonchev–Trinajstić information content (AvgIpc) is 2.89. The zero-order valence-corrected chi connectivity index (χ0v) is 11.2. The quantitative estimate of drug-likeness (QED) is 0.748. The molecule has 6 nitrogen and oxygen atoms in total. The first kappa shape index (κ1) is 13.8. The van der Waals surface area contributed by atoms with Crippen LogP contribution in [0, 0.1) is 0 Å². The van der Waals surface area contributed by atoms with Crippen molar-refractivity contribution in [2.45, 2.75) is 31.8 Å². The lowest BCUT2D eigenvalue weighted by molar-refractivity contribution is -0.123. The van der Waals surface area contributed by atoms with Gasteiger partial charge in [0.2, 0.25) is 15.9 Å². The van der Waals surface area contributed by atoms with Crippen molar-refractivity contribution in [3.8, 4) is 0 Å². The summed E-state index contributed by atoms with van der Waals surface area (Å²) in [6.07, 6.45) is 3.07. The Balaban J connectivity index is 1.64. The van der Waals surface area contributed by atoms with Crippen LogP contribution >= 0.6 is 0 Å². The predicted octanol–water partition coefficient (Wildman–Crippen LogP) is -0.293. The summed E-state index contributed by atoms with van der Waals surface area (Å²) in [5.74, 6) is 0.176. The van der Waals surface area contributed by atoms with E-state index in [1.807, 2.05) is 0 Å². The molecule has 2 aliphatic heterocycles. The van der Waals surface area contributed by atoms with Crippen molar-refractivity contribution in [1.82, 2.24) is 9.62 Å². The van der Waals surface area contributed by atoms with Crippen molar-refractivity contribution in [2.24, 2.45) is 0 Å². The van der Waals surface area contributed by atoms with Crippen LogP contribution in [0.3, 0.4) is 0 Å². The minimum atomic E-state index is -3.05. The number of ether oxygens (including phenoxy) is 1. The largest absolute Gasteiger partial charge is 0.378 e. The maximum atomic E-state index is 11.6. The van der Waals surface area contributed by atoms with Crippen LogP contribution in [0.15, 0.2) is 0 Å². The second kappa shape index (κ2) is 5.99. The van der Waals surface area contributed by atoms with Gasteiger partial charge in [0.1, 0.15) is 0 Å². The molecule has 0 saturated carbocycles. The third kappa shape index (κ3) is 3.66. The van der Waals surface area contributed by atoms with E-state index in [4.69, 9.17) is 4.74 Å². The van der Waals surface area contributed by atoms with E-state index in [1.165, 1.54) is 4.31 Å². The number of carbonyl (C=O) groups excluding carboxylic acids is 1. The Labute approximate surface area is 108 Å². The first-order chi connectivity index (χ1) is 8.58. The minimum absolute atomic E-state index is 0.0421. The number of amides is 1. The molecule has 0 aromatic carbocycles. The maximum Gasteiger partial charge on any atom is 0.222 e. The third-order valence-corrected chi connectivity index (χ3v) is 5.28. The first-order valence-electron chi connectivity index (χ1n) is 6.44. The minimum Gasteiger partial charge on any atom is -0.378 e. The van der Waals surface area contributed by atoms with Crippen LogP contribution in [-0.2, 0) is 19.6 Å². The molecule has 0 aromatic heterocycles. The van der Waals surface area contributed by atoms with Crippen molar-refractivity contribution in [3.63, 3.8) is 0 Å². The molecule has 0 aromatic rings. The Hall–Kier alpha value is -0.660. The fraction of sp³-hybridized carbons (Fsp3) is 0.909. The standard InChI is InChI=1S/C11H20N2O4S/c14-11(9-10-3-1-7-17-10)12-4-6-13-5-2-8-18(13,15)16/h10H,1-9H2,(H,12,14). The summed E-state index contributed by atoms with van der Waals surface area (Å²) in [5, 5.41) is 2.75. The molecule has 1 amide bonds. The second-order valence-corrected chi connectivity index (χ2v) is 6.85. The van der Waals surface area contributed by atoms with E-state index < -0.39 is 10.0 Å². The van der Waals surface area contributed by atoms with Gasteiger partial charge in [-0.3, -0.25) is 4.79 Å². The SMILES string of the molecule is O=C(CC1CCCO1)NCCN1CCCS1(=O)=O. The number of hydrogen-bond acceptors (Lipinski definition) is 4. The van der Waals surface area contributed by atoms with E-state index >= 15 is 0 Å². The second-order valence-electron chi connectivity index (χ2n) is 4.76. The number of nitrogens with zero attached hydrogens (tertiary/aromatic N) is 1. The molecule has 2 aliphatic rings. The highest BCUT2D eigenvalue weighted by atomic mass is 32.2. The van der Waals surface area contributed by atoms with E-state index in [-0.39, 0.29) is 17.8 Å². The summed E-state index contributed by atoms with van der Waals surface area (Å²) in [6, 6.07) is 0. The average molecular weight is 276 g/mol. The van der Waals surface area contributed by atoms with Crippen molar-refractivity contribution >= 4 is 15.9 Å². The summed E-state index contributed by atoms with van der Waals surface area (Å²) in [6.45, 7) is 2.07. The highest BCUT2D eigenvalue weighted by molar-refractivity contribution is 7.89. The lowest BCUT2D eigenvalue weighted by Gasteiger charge is -2.15. The molecule has 104 valence electrons. The summed E-state index contributed by atoms with van der Waals surface area (Å²) >= 11 is 0. The Kier molecular flexibility index (Phi) is 4.58. The Bertz CT molecular complexity index is 390. The van der Waals surface area contributed by atoms with Gasteiger partial charge in [-0.1, -0.05) is 0 Å². The monoisotopic (exact) mass is 276 g/mol. The van der Waals surface area contributed by atoms with Crippen LogP contribution in [0.1, 0.15) is 25.7 Å². The molecule has 2 fully saturated rings. The van der Waals surface area contributed by atoms with Crippen molar-refractivity contribution in [3.05, 3.63) is 0 Å². The molecule has 2 heterocycles. The van der Waals surface area contributed by atoms with Crippen molar-refractivity contribution in [1.29, 1.82) is 0 Å². The molecule has 0 aliphatic carbocycles. The molecule has 1 atom stereocenters. The van der Waals surface area contributed by atoms with E-state index in [0.29, 0.717) is 32.5 Å². The molecule has 18 heavy (non-hydrogen) atoms. The van der Waals surface area contributed by atoms with E-state index in [9.17, 15) is 13.2 Å². The number of sulfonamides is 1. The van der Waals surface area contributed by atoms with Crippen LogP contribution < -0.4 is 5.32 Å². The summed E-state index contributed by atoms with van der Waals surface area (Å²) < 4.78 is 29.8. The number of rotatable bonds is 5. The smallest absolute Gasteiger partial charge is 0.222 e. The van der Waals surface area contributed by atoms with Crippen LogP contribution in [-0.4, -0.2) is 56.7 Å². The topological polar surface area (TPSA) is 75.7 Å². The van der Waals surface area contributed by atoms with Gasteiger partial charge in [0.25, 0.3) is 0 Å². The van der Waals surface area contributed by atoms with Crippen LogP contribution in [0.4, 0.5) is 0 Å². The molecule has 0 radical (unpaired) electrons. The molecule has 0 spiro atoms. The number of nitrogens with one attached hydrogen (secondary N) is 1. The predicted molar refractivity (Wildman–Crippen MR) is 66.6 cm³/mol. The summed E-state index contributed by atoms with van der Waals surface area (Å²) in [7, 11) is -3.05. The van der Waals surface area contributed by atoms with E-state index in [1.54, 1.807) is 0 Å². The van der Waals surface area contributed by atoms with Crippen LogP contribution in [0.5, 0.6) is 0 Å². The van der Waals surface area contributed by atoms with E-state index in [0.717, 1.165) is 19.4 Å². The first-order valence-corrected chi connectivity index (χ1v) is 8.05. The molecular weight excluding hydrogens is 256 g/mol. The molecule has 1 N–H and O–H groups in total. The Morgan fingerprint density at radius 3 is 2.83 bits per heavy atom. The Morgan fingerprint density at radius 1 is 1.39 bits per heavy atom. The number of carbonyl (C=O) groups is 1. The summed E-state index contributed by atoms with van der Waals surface area (Å²) in [4.78, 5) is 11.6. The molecule has 2 saturated heterocycles. The fourth-order valence-corrected chi connectivity index (χ4v) is 3.88. The van der Waals surface area contributed by atoms with Gasteiger partial charge in [0.05, 0.1) is 18.3 Å². The molecule has 7 heteroatoms. The lowest BCUT2D eigenvalue weighted by atomic mass is 10.2. The molecule has 0 bridgehead atoms. The van der Waals surface area contributed by atoms with Gasteiger partial charge < -0.3 is 10.1 Å². The van der Waals surface area contributed by atoms with E-state index in [2.05, 4.69) is 5.32 Å². The fourth-order valence-electron chi connectivity index (χ4n) is 2.35. The highest BCUT2D eigenvalue weighted by Gasteiger charge is 2.27. The van der Waals surface area contributed by atoms with Crippen molar-refractivity contribution < 1.29 is 17.9 Å². The van der Waals surface area contributed by atoms with Gasteiger partial charge in [-0.15, -0.1) is 0 Å². The van der Waals surface area contributed by atoms with Gasteiger partial charge in [-0.25, -0.2) is 12.7 Å². The summed E-state index contributed by atoms with van der Waals surface area (Å²) in [5.41, 5.74) is 0. The lowest BCUT2D eigenvalue weighted by Crippen LogP contribution is -2.36. The van der Waals surface area contributed by atoms with Gasteiger partial charge in [-0.2, -0.15) is 0 Å². The molecule has 1 unspecified atom stereocenters. The maximum absolute atomic E-state index is 11.6. The zero-order chi connectivity index (χ0) is 13.0.